The summed E-state index contributed by atoms with van der Waals surface area (Å²) >= 11 is 0. The third-order valence-corrected chi connectivity index (χ3v) is 3.90. The molecule has 0 fully saturated rings. The first-order valence-electron chi connectivity index (χ1n) is 7.40. The van der Waals surface area contributed by atoms with Crippen LogP contribution >= 0.6 is 0 Å². The molecule has 3 rings (SSSR count). The fraction of sp³-hybridized carbons (Fsp3) is 0.278. The van der Waals surface area contributed by atoms with Gasteiger partial charge in [-0.25, -0.2) is 0 Å². The van der Waals surface area contributed by atoms with Gasteiger partial charge in [0.1, 0.15) is 5.75 Å². The van der Waals surface area contributed by atoms with E-state index in [2.05, 4.69) is 5.32 Å². The van der Waals surface area contributed by atoms with Gasteiger partial charge in [0.05, 0.1) is 5.69 Å². The summed E-state index contributed by atoms with van der Waals surface area (Å²) in [6.07, 6.45) is 1.30. The summed E-state index contributed by atoms with van der Waals surface area (Å²) in [5, 5.41) is 2.97. The van der Waals surface area contributed by atoms with E-state index in [1.54, 1.807) is 7.11 Å². The van der Waals surface area contributed by atoms with E-state index < -0.39 is 5.60 Å². The highest BCUT2D eigenvalue weighted by Crippen LogP contribution is 2.41. The number of methoxy groups -OCH3 is 1. The number of carbonyl (C=O) groups excluding carboxylic acids is 1. The molecular weight excluding hydrogens is 278 g/mol. The Labute approximate surface area is 130 Å². The van der Waals surface area contributed by atoms with Gasteiger partial charge in [0.25, 0.3) is 5.91 Å². The fourth-order valence-corrected chi connectivity index (χ4v) is 2.79. The van der Waals surface area contributed by atoms with Crippen LogP contribution < -0.4 is 10.1 Å². The molecule has 1 heterocycles. The molecule has 1 N–H and O–H groups in total. The van der Waals surface area contributed by atoms with Crippen LogP contribution in [0.25, 0.3) is 0 Å². The Morgan fingerprint density at radius 2 is 1.82 bits per heavy atom. The van der Waals surface area contributed by atoms with Gasteiger partial charge in [-0.05, 0) is 18.6 Å². The number of hydrogen-bond acceptors (Lipinski definition) is 3. The van der Waals surface area contributed by atoms with Crippen molar-refractivity contribution in [3.63, 3.8) is 0 Å². The number of nitrogens with one attached hydrogen (secondary N) is 1. The summed E-state index contributed by atoms with van der Waals surface area (Å²) in [5.41, 5.74) is 0.567. The van der Waals surface area contributed by atoms with Crippen LogP contribution in [0.1, 0.15) is 18.4 Å². The highest BCUT2D eigenvalue weighted by Gasteiger charge is 2.45. The summed E-state index contributed by atoms with van der Waals surface area (Å²) in [4.78, 5) is 12.8. The van der Waals surface area contributed by atoms with Crippen molar-refractivity contribution in [2.24, 2.45) is 0 Å². The Morgan fingerprint density at radius 1 is 1.09 bits per heavy atom. The lowest BCUT2D eigenvalue weighted by molar-refractivity contribution is -0.134. The molecule has 4 heteroatoms. The molecule has 1 unspecified atom stereocenters. The zero-order valence-electron chi connectivity index (χ0n) is 12.5. The molecule has 2 aromatic rings. The second kappa shape index (κ2) is 6.20. The molecule has 0 radical (unpaired) electrons. The number of hydrogen-bond donors (Lipinski definition) is 1. The predicted octanol–water partition coefficient (Wildman–Crippen LogP) is 3.34. The highest BCUT2D eigenvalue weighted by atomic mass is 16.5. The first kappa shape index (κ1) is 14.6. The molecule has 1 aliphatic rings. The van der Waals surface area contributed by atoms with Gasteiger partial charge >= 0.3 is 0 Å². The number of benzene rings is 2. The van der Waals surface area contributed by atoms with Crippen LogP contribution in [-0.2, 0) is 15.1 Å². The second-order valence-corrected chi connectivity index (χ2v) is 5.34. The maximum Gasteiger partial charge on any atom is 0.273 e. The third-order valence-electron chi connectivity index (χ3n) is 3.90. The number of ether oxygens (including phenoxy) is 2. The molecule has 22 heavy (non-hydrogen) atoms. The molecule has 0 aromatic heterocycles. The van der Waals surface area contributed by atoms with Gasteiger partial charge < -0.3 is 14.8 Å². The lowest BCUT2D eigenvalue weighted by atomic mass is 9.86. The van der Waals surface area contributed by atoms with Gasteiger partial charge in [-0.3, -0.25) is 4.79 Å². The minimum atomic E-state index is -1.01. The molecule has 1 aliphatic heterocycles. The smallest absolute Gasteiger partial charge is 0.273 e. The molecule has 0 spiro atoms. The van der Waals surface area contributed by atoms with Crippen molar-refractivity contribution in [2.45, 2.75) is 18.4 Å². The average Bonchev–Trinajstić information content (AvgIpc) is 2.56. The topological polar surface area (TPSA) is 47.6 Å². The van der Waals surface area contributed by atoms with E-state index in [0.717, 1.165) is 12.0 Å². The van der Waals surface area contributed by atoms with E-state index in [4.69, 9.17) is 9.47 Å². The number of para-hydroxylation sites is 2. The lowest BCUT2D eigenvalue weighted by Gasteiger charge is -2.38. The number of amides is 1. The van der Waals surface area contributed by atoms with Gasteiger partial charge in [0, 0.05) is 25.7 Å². The van der Waals surface area contributed by atoms with Crippen molar-refractivity contribution in [3.8, 4) is 5.75 Å². The standard InChI is InChI=1S/C18H19NO3/c1-21-13-7-12-18(14-8-3-2-4-9-14)17(20)19-15-10-5-6-11-16(15)22-18/h2-6,8-11H,7,12-13H2,1H3,(H,19,20). The Kier molecular flexibility index (Phi) is 4.11. The van der Waals surface area contributed by atoms with Crippen molar-refractivity contribution in [1.82, 2.24) is 0 Å². The second-order valence-electron chi connectivity index (χ2n) is 5.34. The van der Waals surface area contributed by atoms with Crippen LogP contribution in [0.3, 0.4) is 0 Å². The van der Waals surface area contributed by atoms with E-state index in [0.29, 0.717) is 24.5 Å². The third kappa shape index (κ3) is 2.57. The molecule has 0 saturated carbocycles. The molecule has 4 nitrogen and oxygen atoms in total. The maximum absolute atomic E-state index is 12.8. The molecule has 114 valence electrons. The molecule has 2 aromatic carbocycles. The zero-order chi connectivity index (χ0) is 15.4. The van der Waals surface area contributed by atoms with Crippen LogP contribution in [-0.4, -0.2) is 19.6 Å². The largest absolute Gasteiger partial charge is 0.470 e. The molecule has 1 atom stereocenters. The predicted molar refractivity (Wildman–Crippen MR) is 84.9 cm³/mol. The summed E-state index contributed by atoms with van der Waals surface area (Å²) in [7, 11) is 1.66. The van der Waals surface area contributed by atoms with Crippen molar-refractivity contribution in [2.75, 3.05) is 19.0 Å². The summed E-state index contributed by atoms with van der Waals surface area (Å²) in [6, 6.07) is 17.1. The van der Waals surface area contributed by atoms with E-state index in [9.17, 15) is 4.79 Å². The molecular formula is C18H19NO3. The Morgan fingerprint density at radius 3 is 2.59 bits per heavy atom. The van der Waals surface area contributed by atoms with Gasteiger partial charge in [-0.1, -0.05) is 42.5 Å². The van der Waals surface area contributed by atoms with Crippen LogP contribution in [0.4, 0.5) is 5.69 Å². The van der Waals surface area contributed by atoms with E-state index >= 15 is 0 Å². The number of rotatable bonds is 5. The monoisotopic (exact) mass is 297 g/mol. The number of anilines is 1. The van der Waals surface area contributed by atoms with Crippen molar-refractivity contribution in [1.29, 1.82) is 0 Å². The van der Waals surface area contributed by atoms with Crippen molar-refractivity contribution in [3.05, 3.63) is 60.2 Å². The van der Waals surface area contributed by atoms with Gasteiger partial charge in [-0.15, -0.1) is 0 Å². The average molecular weight is 297 g/mol. The van der Waals surface area contributed by atoms with Crippen LogP contribution in [0.5, 0.6) is 5.75 Å². The minimum absolute atomic E-state index is 0.131. The summed E-state index contributed by atoms with van der Waals surface area (Å²) < 4.78 is 11.3. The highest BCUT2D eigenvalue weighted by molar-refractivity contribution is 6.01. The van der Waals surface area contributed by atoms with E-state index in [1.807, 2.05) is 54.6 Å². The Balaban J connectivity index is 2.01. The number of carbonyl (C=O) groups is 1. The zero-order valence-corrected chi connectivity index (χ0v) is 12.5. The minimum Gasteiger partial charge on any atom is -0.470 e. The van der Waals surface area contributed by atoms with Crippen LogP contribution in [0.15, 0.2) is 54.6 Å². The van der Waals surface area contributed by atoms with E-state index in [1.165, 1.54) is 0 Å². The molecule has 1 amide bonds. The summed E-state index contributed by atoms with van der Waals surface area (Å²) in [5.74, 6) is 0.567. The first-order valence-corrected chi connectivity index (χ1v) is 7.40. The fourth-order valence-electron chi connectivity index (χ4n) is 2.79. The van der Waals surface area contributed by atoms with Crippen molar-refractivity contribution >= 4 is 11.6 Å². The normalized spacial score (nSPS) is 20.0. The van der Waals surface area contributed by atoms with E-state index in [-0.39, 0.29) is 5.91 Å². The Hall–Kier alpha value is -2.33. The van der Waals surface area contributed by atoms with Gasteiger partial charge in [-0.2, -0.15) is 0 Å². The molecule has 0 bridgehead atoms. The number of fused-ring (bicyclic) bond motifs is 1. The molecule has 0 aliphatic carbocycles. The molecule has 0 saturated heterocycles. The Bertz CT molecular complexity index is 656. The quantitative estimate of drug-likeness (QED) is 0.861. The van der Waals surface area contributed by atoms with Gasteiger partial charge in [0.2, 0.25) is 5.60 Å². The lowest BCUT2D eigenvalue weighted by Crippen LogP contribution is -2.48. The maximum atomic E-state index is 12.8. The first-order chi connectivity index (χ1) is 10.8. The SMILES string of the molecule is COCCCC1(c2ccccc2)Oc2ccccc2NC1=O. The van der Waals surface area contributed by atoms with Crippen LogP contribution in [0.2, 0.25) is 0 Å². The van der Waals surface area contributed by atoms with Crippen molar-refractivity contribution < 1.29 is 14.3 Å². The van der Waals surface area contributed by atoms with Crippen LogP contribution in [0, 0.1) is 0 Å². The summed E-state index contributed by atoms with van der Waals surface area (Å²) in [6.45, 7) is 0.590. The van der Waals surface area contributed by atoms with Gasteiger partial charge in [0.15, 0.2) is 0 Å².